The fraction of sp³-hybridized carbons (Fsp3) is 1.00. The minimum atomic E-state index is -1.33. The largest absolute Gasteiger partial charge is 0.388 e. The lowest BCUT2D eigenvalue weighted by molar-refractivity contribution is -0.186. The number of hydrogen-bond donors (Lipinski definition) is 4. The smallest absolute Gasteiger partial charge is 0.260 e. The fourth-order valence-electron chi connectivity index (χ4n) is 0.949. The molecule has 0 radical (unpaired) electrons. The second kappa shape index (κ2) is 3.70. The van der Waals surface area contributed by atoms with E-state index in [2.05, 4.69) is 10.0 Å². The van der Waals surface area contributed by atoms with E-state index in [0.717, 1.165) is 0 Å². The highest BCUT2D eigenvalue weighted by atomic mass is 16.5. The molecule has 1 aliphatic heterocycles. The number of hydrogen-bond acceptors (Lipinski definition) is 6. The number of nitrogens with one attached hydrogen (secondary N) is 1. The Morgan fingerprint density at radius 3 is 2.58 bits per heavy atom. The average Bonchev–Trinajstić information content (AvgIpc) is 2.07. The van der Waals surface area contributed by atoms with Crippen molar-refractivity contribution in [3.63, 3.8) is 0 Å². The summed E-state index contributed by atoms with van der Waals surface area (Å²) in [6, 6.07) is 0. The normalized spacial score (nSPS) is 41.9. The van der Waals surface area contributed by atoms with E-state index in [0.29, 0.717) is 0 Å². The van der Waals surface area contributed by atoms with Gasteiger partial charge in [0.25, 0.3) is 6.23 Å². The molecule has 12 heavy (non-hydrogen) atoms. The Morgan fingerprint density at radius 2 is 2.00 bits per heavy atom. The van der Waals surface area contributed by atoms with Gasteiger partial charge in [0.2, 0.25) is 4.91 Å². The van der Waals surface area contributed by atoms with E-state index in [-0.39, 0.29) is 6.61 Å². The van der Waals surface area contributed by atoms with Crippen LogP contribution < -0.4 is 4.91 Å². The van der Waals surface area contributed by atoms with Crippen molar-refractivity contribution in [3.05, 3.63) is 0 Å². The summed E-state index contributed by atoms with van der Waals surface area (Å²) in [6.07, 6.45) is -4.80. The molecule has 0 aromatic rings. The van der Waals surface area contributed by atoms with Gasteiger partial charge in [-0.2, -0.15) is 0 Å². The second-order valence-electron chi connectivity index (χ2n) is 2.49. The number of aliphatic hydroxyl groups excluding tert-OH is 3. The monoisotopic (exact) mass is 176 g/mol. The summed E-state index contributed by atoms with van der Waals surface area (Å²) in [5, 5.41) is 30.4. The lowest BCUT2D eigenvalue weighted by Crippen LogP contribution is -2.52. The Bertz CT molecular complexity index is 205. The summed E-state index contributed by atoms with van der Waals surface area (Å²) in [5.41, 5.74) is 6.37. The van der Waals surface area contributed by atoms with E-state index in [1.54, 1.807) is 0 Å². The van der Waals surface area contributed by atoms with Gasteiger partial charge in [-0.15, -0.1) is 0 Å². The molecular formula is C5H10N3O4+. The first kappa shape index (κ1) is 9.24. The maximum Gasteiger partial charge on any atom is 0.260 e. The molecule has 1 aliphatic rings. The lowest BCUT2D eigenvalue weighted by Gasteiger charge is -2.29. The van der Waals surface area contributed by atoms with Gasteiger partial charge in [-0.25, -0.2) is 0 Å². The van der Waals surface area contributed by atoms with Gasteiger partial charge in [-0.3, -0.25) is 0 Å². The Kier molecular flexibility index (Phi) is 2.85. The van der Waals surface area contributed by atoms with E-state index in [1.165, 1.54) is 0 Å². The highest BCUT2D eigenvalue weighted by Gasteiger charge is 2.40. The van der Waals surface area contributed by atoms with Crippen LogP contribution in [0.3, 0.4) is 0 Å². The Labute approximate surface area is 67.8 Å². The second-order valence-corrected chi connectivity index (χ2v) is 2.49. The van der Waals surface area contributed by atoms with Crippen molar-refractivity contribution in [2.45, 2.75) is 24.5 Å². The molecular weight excluding hydrogens is 166 g/mol. The zero-order chi connectivity index (χ0) is 9.14. The van der Waals surface area contributed by atoms with Gasteiger partial charge in [0.15, 0.2) is 5.11 Å². The van der Waals surface area contributed by atoms with Crippen molar-refractivity contribution >= 4 is 0 Å². The zero-order valence-electron chi connectivity index (χ0n) is 6.16. The molecule has 1 rings (SSSR count). The van der Waals surface area contributed by atoms with Crippen molar-refractivity contribution < 1.29 is 20.1 Å². The molecule has 1 heterocycles. The van der Waals surface area contributed by atoms with Crippen LogP contribution in [0, 0.1) is 5.53 Å². The molecule has 0 saturated carbocycles. The van der Waals surface area contributed by atoms with Crippen molar-refractivity contribution in [2.75, 3.05) is 6.61 Å². The molecule has 4 unspecified atom stereocenters. The van der Waals surface area contributed by atoms with Gasteiger partial charge >= 0.3 is 0 Å². The molecule has 0 aliphatic carbocycles. The van der Waals surface area contributed by atoms with Crippen molar-refractivity contribution in [1.82, 2.24) is 4.91 Å². The molecule has 7 heteroatoms. The van der Waals surface area contributed by atoms with Crippen LogP contribution in [-0.4, -0.2) is 46.5 Å². The predicted molar refractivity (Wildman–Crippen MR) is 35.0 cm³/mol. The van der Waals surface area contributed by atoms with Gasteiger partial charge in [0.05, 0.1) is 6.61 Å². The van der Waals surface area contributed by atoms with Crippen LogP contribution >= 0.6 is 0 Å². The van der Waals surface area contributed by atoms with E-state index in [9.17, 15) is 0 Å². The lowest BCUT2D eigenvalue weighted by atomic mass is 10.1. The predicted octanol–water partition coefficient (Wildman–Crippen LogP) is -2.02. The van der Waals surface area contributed by atoms with Crippen LogP contribution in [0.15, 0.2) is 5.11 Å². The van der Waals surface area contributed by atoms with Crippen LogP contribution in [0.4, 0.5) is 0 Å². The van der Waals surface area contributed by atoms with E-state index >= 15 is 0 Å². The third-order valence-corrected chi connectivity index (χ3v) is 1.65. The number of nitrogens with zero attached hydrogens (tertiary/aromatic N) is 2. The first-order valence-electron chi connectivity index (χ1n) is 3.39. The van der Waals surface area contributed by atoms with Gasteiger partial charge in [-0.05, 0) is 0 Å². The summed E-state index contributed by atoms with van der Waals surface area (Å²) in [4.78, 5) is 2.67. The van der Waals surface area contributed by atoms with Crippen molar-refractivity contribution in [1.29, 1.82) is 5.53 Å². The van der Waals surface area contributed by atoms with Gasteiger partial charge in [-0.1, -0.05) is 0 Å². The minimum Gasteiger partial charge on any atom is -0.388 e. The van der Waals surface area contributed by atoms with Gasteiger partial charge in [0, 0.05) is 0 Å². The van der Waals surface area contributed by atoms with Crippen LogP contribution in [-0.2, 0) is 4.74 Å². The van der Waals surface area contributed by atoms with Crippen LogP contribution in [0.2, 0.25) is 0 Å². The average molecular weight is 176 g/mol. The molecule has 0 aromatic carbocycles. The highest BCUT2D eigenvalue weighted by Crippen LogP contribution is 2.15. The van der Waals surface area contributed by atoms with E-state index < -0.39 is 24.5 Å². The van der Waals surface area contributed by atoms with Crippen LogP contribution in [0.1, 0.15) is 0 Å². The third kappa shape index (κ3) is 1.66. The first-order valence-corrected chi connectivity index (χ1v) is 3.39. The molecule has 0 amide bonds. The molecule has 1 fully saturated rings. The number of ether oxygens (including phenoxy) is 1. The molecule has 1 saturated heterocycles. The molecule has 0 aromatic heterocycles. The van der Waals surface area contributed by atoms with Gasteiger partial charge in [0.1, 0.15) is 23.8 Å². The topological polar surface area (TPSA) is 120 Å². The van der Waals surface area contributed by atoms with Crippen molar-refractivity contribution in [2.24, 2.45) is 5.11 Å². The Balaban J connectivity index is 2.64. The first-order chi connectivity index (χ1) is 5.66. The number of aliphatic hydroxyl groups is 3. The molecule has 0 spiro atoms. The molecule has 4 N–H and O–H groups in total. The standard InChI is InChI=1S/C5H10N3O4/c6-8-7-5-4(11)3(10)2(9)1-12-5/h2-6,9-11H,1H2/q+1. The summed E-state index contributed by atoms with van der Waals surface area (Å²) < 4.78 is 4.77. The fourth-order valence-corrected chi connectivity index (χ4v) is 0.949. The SMILES string of the molecule is N=[N+]=NC1OCC(O)C(O)C1O. The van der Waals surface area contributed by atoms with E-state index in [1.807, 2.05) is 0 Å². The Morgan fingerprint density at radius 1 is 1.33 bits per heavy atom. The van der Waals surface area contributed by atoms with E-state index in [4.69, 9.17) is 25.6 Å². The highest BCUT2D eigenvalue weighted by molar-refractivity contribution is 4.84. The molecule has 4 atom stereocenters. The van der Waals surface area contributed by atoms with Crippen LogP contribution in [0.5, 0.6) is 0 Å². The molecule has 7 nitrogen and oxygen atoms in total. The quantitative estimate of drug-likeness (QED) is 0.272. The minimum absolute atomic E-state index is 0.123. The van der Waals surface area contributed by atoms with Crippen LogP contribution in [0.25, 0.3) is 0 Å². The summed E-state index contributed by atoms with van der Waals surface area (Å²) in [7, 11) is 0. The maximum atomic E-state index is 9.17. The number of rotatable bonds is 1. The maximum absolute atomic E-state index is 9.17. The summed E-state index contributed by atoms with van der Waals surface area (Å²) in [6.45, 7) is -0.123. The Hall–Kier alpha value is -0.850. The zero-order valence-corrected chi connectivity index (χ0v) is 6.16. The summed E-state index contributed by atoms with van der Waals surface area (Å²) >= 11 is 0. The molecule has 0 bridgehead atoms. The van der Waals surface area contributed by atoms with Crippen molar-refractivity contribution in [3.8, 4) is 0 Å². The third-order valence-electron chi connectivity index (χ3n) is 1.65. The summed E-state index contributed by atoms with van der Waals surface area (Å²) in [5.74, 6) is 0. The molecule has 68 valence electrons. The van der Waals surface area contributed by atoms with Gasteiger partial charge < -0.3 is 20.1 Å².